The molecule has 0 N–H and O–H groups in total. The fourth-order valence-corrected chi connectivity index (χ4v) is 1.33. The molecule has 0 aliphatic rings. The molecule has 0 atom stereocenters. The lowest BCUT2D eigenvalue weighted by Crippen LogP contribution is -2.07. The maximum atomic E-state index is 11.8. The van der Waals surface area contributed by atoms with Gasteiger partial charge in [0.1, 0.15) is 5.75 Å². The second-order valence-electron chi connectivity index (χ2n) is 3.20. The summed E-state index contributed by atoms with van der Waals surface area (Å²) in [6.07, 6.45) is 0.223. The molecule has 0 amide bonds. The first kappa shape index (κ1) is 12.2. The minimum Gasteiger partial charge on any atom is -0.496 e. The van der Waals surface area contributed by atoms with Crippen LogP contribution in [-0.2, 0) is 9.53 Å². The van der Waals surface area contributed by atoms with Crippen molar-refractivity contribution in [2.24, 2.45) is 0 Å². The van der Waals surface area contributed by atoms with Gasteiger partial charge in [0.2, 0.25) is 0 Å². The van der Waals surface area contributed by atoms with Crippen molar-refractivity contribution in [3.05, 3.63) is 29.8 Å². The normalized spacial score (nSPS) is 9.62. The number of ether oxygens (including phenoxy) is 2. The van der Waals surface area contributed by atoms with Crippen molar-refractivity contribution < 1.29 is 19.1 Å². The molecule has 1 aromatic rings. The average molecular weight is 222 g/mol. The summed E-state index contributed by atoms with van der Waals surface area (Å²) in [5.74, 6) is 0.0171. The number of hydrogen-bond donors (Lipinski definition) is 0. The molecule has 4 nitrogen and oxygen atoms in total. The molecule has 0 fully saturated rings. The van der Waals surface area contributed by atoms with E-state index in [1.165, 1.54) is 14.2 Å². The van der Waals surface area contributed by atoms with Gasteiger partial charge in [-0.3, -0.25) is 9.59 Å². The Bertz CT molecular complexity index is 384. The minimum absolute atomic E-state index is 0.0907. The van der Waals surface area contributed by atoms with E-state index in [1.807, 2.05) is 0 Å². The number of esters is 1. The van der Waals surface area contributed by atoms with Crippen LogP contribution in [0.15, 0.2) is 24.3 Å². The van der Waals surface area contributed by atoms with Gasteiger partial charge < -0.3 is 9.47 Å². The Hall–Kier alpha value is -1.84. The first-order valence-corrected chi connectivity index (χ1v) is 4.92. The molecule has 0 bridgehead atoms. The van der Waals surface area contributed by atoms with Crippen molar-refractivity contribution in [2.45, 2.75) is 12.8 Å². The number of carbonyl (C=O) groups is 2. The van der Waals surface area contributed by atoms with E-state index >= 15 is 0 Å². The Morgan fingerprint density at radius 2 is 1.81 bits per heavy atom. The summed E-state index contributed by atoms with van der Waals surface area (Å²) in [7, 11) is 2.81. The van der Waals surface area contributed by atoms with Crippen LogP contribution < -0.4 is 4.74 Å². The van der Waals surface area contributed by atoms with Crippen molar-refractivity contribution in [2.75, 3.05) is 14.2 Å². The van der Waals surface area contributed by atoms with Crippen molar-refractivity contribution in [3.63, 3.8) is 0 Å². The van der Waals surface area contributed by atoms with Gasteiger partial charge in [-0.2, -0.15) is 0 Å². The maximum Gasteiger partial charge on any atom is 0.305 e. The molecular weight excluding hydrogens is 208 g/mol. The molecule has 0 aromatic heterocycles. The van der Waals surface area contributed by atoms with Crippen LogP contribution in [0.4, 0.5) is 0 Å². The zero-order valence-corrected chi connectivity index (χ0v) is 9.36. The molecule has 0 aliphatic heterocycles. The Morgan fingerprint density at radius 1 is 1.12 bits per heavy atom. The topological polar surface area (TPSA) is 52.6 Å². The van der Waals surface area contributed by atoms with Crippen LogP contribution >= 0.6 is 0 Å². The number of benzene rings is 1. The van der Waals surface area contributed by atoms with Gasteiger partial charge in [-0.1, -0.05) is 12.1 Å². The molecule has 0 aliphatic carbocycles. The van der Waals surface area contributed by atoms with Crippen molar-refractivity contribution in [3.8, 4) is 5.75 Å². The summed E-state index contributed by atoms with van der Waals surface area (Å²) in [6, 6.07) is 6.94. The van der Waals surface area contributed by atoms with E-state index in [2.05, 4.69) is 4.74 Å². The molecule has 0 spiro atoms. The van der Waals surface area contributed by atoms with Crippen LogP contribution in [-0.4, -0.2) is 26.0 Å². The number of methoxy groups -OCH3 is 2. The van der Waals surface area contributed by atoms with E-state index < -0.39 is 0 Å². The predicted molar refractivity (Wildman–Crippen MR) is 58.6 cm³/mol. The van der Waals surface area contributed by atoms with E-state index in [-0.39, 0.29) is 24.6 Å². The summed E-state index contributed by atoms with van der Waals surface area (Å²) in [5.41, 5.74) is 0.494. The third kappa shape index (κ3) is 3.08. The first-order chi connectivity index (χ1) is 7.69. The number of Topliss-reactive ketones (excluding diaryl/α,β-unsaturated/α-hetero) is 1. The van der Waals surface area contributed by atoms with Gasteiger partial charge in [0.25, 0.3) is 0 Å². The van der Waals surface area contributed by atoms with E-state index in [9.17, 15) is 9.59 Å². The lowest BCUT2D eigenvalue weighted by atomic mass is 10.1. The molecule has 0 saturated heterocycles. The second kappa shape index (κ2) is 5.90. The zero-order valence-electron chi connectivity index (χ0n) is 9.36. The van der Waals surface area contributed by atoms with Crippen LogP contribution in [0, 0.1) is 0 Å². The van der Waals surface area contributed by atoms with Gasteiger partial charge in [0.05, 0.1) is 26.2 Å². The number of rotatable bonds is 5. The largest absolute Gasteiger partial charge is 0.496 e. The van der Waals surface area contributed by atoms with Gasteiger partial charge in [-0.25, -0.2) is 0 Å². The molecule has 4 heteroatoms. The Morgan fingerprint density at radius 3 is 2.44 bits per heavy atom. The Kier molecular flexibility index (Phi) is 4.51. The van der Waals surface area contributed by atoms with Crippen LogP contribution in [0.1, 0.15) is 23.2 Å². The van der Waals surface area contributed by atoms with E-state index in [4.69, 9.17) is 4.74 Å². The van der Waals surface area contributed by atoms with Crippen LogP contribution in [0.3, 0.4) is 0 Å². The van der Waals surface area contributed by atoms with E-state index in [0.717, 1.165) is 0 Å². The van der Waals surface area contributed by atoms with Crippen LogP contribution in [0.5, 0.6) is 5.75 Å². The van der Waals surface area contributed by atoms with Gasteiger partial charge >= 0.3 is 5.97 Å². The fraction of sp³-hybridized carbons (Fsp3) is 0.333. The Balaban J connectivity index is 2.69. The highest BCUT2D eigenvalue weighted by Gasteiger charge is 2.13. The average Bonchev–Trinajstić information content (AvgIpc) is 2.35. The molecule has 0 saturated carbocycles. The van der Waals surface area contributed by atoms with Gasteiger partial charge in [0.15, 0.2) is 5.78 Å². The fourth-order valence-electron chi connectivity index (χ4n) is 1.33. The first-order valence-electron chi connectivity index (χ1n) is 4.92. The van der Waals surface area contributed by atoms with Crippen molar-refractivity contribution >= 4 is 11.8 Å². The van der Waals surface area contributed by atoms with Crippen molar-refractivity contribution in [1.29, 1.82) is 0 Å². The standard InChI is InChI=1S/C12H14O4/c1-15-11-6-4-3-5-9(11)10(13)7-8-12(14)16-2/h3-6H,7-8H2,1-2H3. The number of ketones is 1. The number of carbonyl (C=O) groups excluding carboxylic acids is 2. The highest BCUT2D eigenvalue weighted by molar-refractivity contribution is 5.99. The monoisotopic (exact) mass is 222 g/mol. The van der Waals surface area contributed by atoms with Gasteiger partial charge in [0, 0.05) is 6.42 Å². The highest BCUT2D eigenvalue weighted by Crippen LogP contribution is 2.19. The lowest BCUT2D eigenvalue weighted by Gasteiger charge is -2.06. The van der Waals surface area contributed by atoms with Gasteiger partial charge in [-0.05, 0) is 12.1 Å². The van der Waals surface area contributed by atoms with Crippen molar-refractivity contribution in [1.82, 2.24) is 0 Å². The smallest absolute Gasteiger partial charge is 0.305 e. The van der Waals surface area contributed by atoms with E-state index in [0.29, 0.717) is 11.3 Å². The molecule has 0 radical (unpaired) electrons. The lowest BCUT2D eigenvalue weighted by molar-refractivity contribution is -0.140. The van der Waals surface area contributed by atoms with Gasteiger partial charge in [-0.15, -0.1) is 0 Å². The summed E-state index contributed by atoms with van der Waals surface area (Å²) < 4.78 is 9.53. The SMILES string of the molecule is COC(=O)CCC(=O)c1ccccc1OC. The van der Waals surface area contributed by atoms with Crippen LogP contribution in [0.2, 0.25) is 0 Å². The summed E-state index contributed by atoms with van der Waals surface area (Å²) >= 11 is 0. The molecule has 1 rings (SSSR count). The molecule has 86 valence electrons. The molecular formula is C12H14O4. The maximum absolute atomic E-state index is 11.8. The summed E-state index contributed by atoms with van der Waals surface area (Å²) in [5, 5.41) is 0. The molecule has 1 aromatic carbocycles. The summed E-state index contributed by atoms with van der Waals surface area (Å²) in [4.78, 5) is 22.7. The highest BCUT2D eigenvalue weighted by atomic mass is 16.5. The quantitative estimate of drug-likeness (QED) is 0.563. The van der Waals surface area contributed by atoms with E-state index in [1.54, 1.807) is 24.3 Å². The molecule has 0 unspecified atom stereocenters. The number of hydrogen-bond acceptors (Lipinski definition) is 4. The predicted octanol–water partition coefficient (Wildman–Crippen LogP) is 1.83. The van der Waals surface area contributed by atoms with Crippen LogP contribution in [0.25, 0.3) is 0 Å². The minimum atomic E-state index is -0.386. The Labute approximate surface area is 94.2 Å². The summed E-state index contributed by atoms with van der Waals surface area (Å²) in [6.45, 7) is 0. The third-order valence-corrected chi connectivity index (χ3v) is 2.19. The number of para-hydroxylation sites is 1. The second-order valence-corrected chi connectivity index (χ2v) is 3.20. The molecule has 16 heavy (non-hydrogen) atoms. The third-order valence-electron chi connectivity index (χ3n) is 2.19. The zero-order chi connectivity index (χ0) is 12.0. The molecule has 0 heterocycles.